The third-order valence-corrected chi connectivity index (χ3v) is 2.81. The molecule has 0 radical (unpaired) electrons. The maximum atomic E-state index is 9.61. The number of aryl methyl sites for hydroxylation is 1. The molecule has 0 spiro atoms. The van der Waals surface area contributed by atoms with Crippen LogP contribution in [0.15, 0.2) is 16.7 Å². The van der Waals surface area contributed by atoms with Gasteiger partial charge >= 0.3 is 0 Å². The van der Waals surface area contributed by atoms with Gasteiger partial charge in [-0.3, -0.25) is 0 Å². The van der Waals surface area contributed by atoms with Crippen LogP contribution in [-0.4, -0.2) is 28.8 Å². The zero-order valence-corrected chi connectivity index (χ0v) is 9.87. The first-order chi connectivity index (χ1) is 6.48. The van der Waals surface area contributed by atoms with Crippen LogP contribution in [0, 0.1) is 6.92 Å². The predicted molar refractivity (Wildman–Crippen MR) is 59.5 cm³/mol. The highest BCUT2D eigenvalue weighted by Crippen LogP contribution is 2.29. The molecule has 1 aromatic heterocycles. The summed E-state index contributed by atoms with van der Waals surface area (Å²) < 4.78 is 0.992. The summed E-state index contributed by atoms with van der Waals surface area (Å²) >= 11 is 3.38. The number of aliphatic hydroxyl groups is 1. The molecule has 2 heterocycles. The van der Waals surface area contributed by atoms with Crippen molar-refractivity contribution in [1.29, 1.82) is 0 Å². The van der Waals surface area contributed by atoms with Crippen molar-refractivity contribution < 1.29 is 5.11 Å². The summed E-state index contributed by atoms with van der Waals surface area (Å²) in [4.78, 5) is 6.42. The van der Waals surface area contributed by atoms with E-state index in [1.807, 2.05) is 19.9 Å². The minimum Gasteiger partial charge on any atom is -0.386 e. The zero-order valence-electron chi connectivity index (χ0n) is 8.29. The Morgan fingerprint density at radius 3 is 2.71 bits per heavy atom. The summed E-state index contributed by atoms with van der Waals surface area (Å²) in [5, 5.41) is 9.61. The fraction of sp³-hybridized carbons (Fsp3) is 0.500. The van der Waals surface area contributed by atoms with Gasteiger partial charge < -0.3 is 10.0 Å². The van der Waals surface area contributed by atoms with Crippen molar-refractivity contribution in [2.24, 2.45) is 0 Å². The Balaban J connectivity index is 2.19. The van der Waals surface area contributed by atoms with Crippen LogP contribution in [0.25, 0.3) is 0 Å². The zero-order chi connectivity index (χ0) is 10.3. The molecule has 1 saturated heterocycles. The highest BCUT2D eigenvalue weighted by molar-refractivity contribution is 9.10. The Kier molecular flexibility index (Phi) is 2.27. The standard InChI is InChI=1S/C10H13BrN2O/c1-7-3-8(11)4-12-9(7)13-5-10(2,14)6-13/h3-4,14H,5-6H2,1-2H3. The van der Waals surface area contributed by atoms with Gasteiger partial charge in [-0.1, -0.05) is 0 Å². The second-order valence-electron chi connectivity index (χ2n) is 4.15. The van der Waals surface area contributed by atoms with E-state index in [9.17, 15) is 5.11 Å². The summed E-state index contributed by atoms with van der Waals surface area (Å²) in [5.41, 5.74) is 0.594. The molecule has 0 aliphatic carbocycles. The maximum absolute atomic E-state index is 9.61. The van der Waals surface area contributed by atoms with Gasteiger partial charge in [0, 0.05) is 23.8 Å². The van der Waals surface area contributed by atoms with Crippen LogP contribution >= 0.6 is 15.9 Å². The first-order valence-electron chi connectivity index (χ1n) is 4.57. The van der Waals surface area contributed by atoms with Crippen LogP contribution in [-0.2, 0) is 0 Å². The van der Waals surface area contributed by atoms with E-state index in [4.69, 9.17) is 0 Å². The minimum absolute atomic E-state index is 0.540. The topological polar surface area (TPSA) is 36.4 Å². The number of pyridine rings is 1. The van der Waals surface area contributed by atoms with Crippen molar-refractivity contribution in [1.82, 2.24) is 4.98 Å². The van der Waals surface area contributed by atoms with Gasteiger partial charge in [0.25, 0.3) is 0 Å². The normalized spacial score (nSPS) is 19.3. The number of nitrogens with zero attached hydrogens (tertiary/aromatic N) is 2. The van der Waals surface area contributed by atoms with Gasteiger partial charge in [0.15, 0.2) is 0 Å². The molecule has 0 aromatic carbocycles. The molecule has 76 valence electrons. The second-order valence-corrected chi connectivity index (χ2v) is 5.06. The number of hydrogen-bond acceptors (Lipinski definition) is 3. The Bertz CT molecular complexity index is 357. The molecular weight excluding hydrogens is 244 g/mol. The molecule has 0 amide bonds. The van der Waals surface area contributed by atoms with Gasteiger partial charge in [0.1, 0.15) is 5.82 Å². The van der Waals surface area contributed by atoms with Gasteiger partial charge in [0.05, 0.1) is 5.60 Å². The van der Waals surface area contributed by atoms with E-state index in [0.29, 0.717) is 13.1 Å². The summed E-state index contributed by atoms with van der Waals surface area (Å²) in [7, 11) is 0. The van der Waals surface area contributed by atoms with E-state index in [1.165, 1.54) is 0 Å². The Morgan fingerprint density at radius 2 is 2.21 bits per heavy atom. The number of halogens is 1. The third-order valence-electron chi connectivity index (χ3n) is 2.38. The Labute approximate surface area is 91.9 Å². The molecule has 1 fully saturated rings. The monoisotopic (exact) mass is 256 g/mol. The third kappa shape index (κ3) is 1.77. The van der Waals surface area contributed by atoms with Crippen LogP contribution < -0.4 is 4.90 Å². The smallest absolute Gasteiger partial charge is 0.131 e. The van der Waals surface area contributed by atoms with E-state index >= 15 is 0 Å². The minimum atomic E-state index is -0.540. The van der Waals surface area contributed by atoms with Gasteiger partial charge in [-0.25, -0.2) is 4.98 Å². The lowest BCUT2D eigenvalue weighted by molar-refractivity contribution is 0.0304. The van der Waals surface area contributed by atoms with Crippen LogP contribution in [0.3, 0.4) is 0 Å². The van der Waals surface area contributed by atoms with Gasteiger partial charge in [-0.2, -0.15) is 0 Å². The molecule has 3 nitrogen and oxygen atoms in total. The summed E-state index contributed by atoms with van der Waals surface area (Å²) in [6, 6.07) is 2.04. The fourth-order valence-corrected chi connectivity index (χ4v) is 2.24. The average molecular weight is 257 g/mol. The molecule has 1 aliphatic heterocycles. The van der Waals surface area contributed by atoms with Crippen molar-refractivity contribution in [3.63, 3.8) is 0 Å². The van der Waals surface area contributed by atoms with Gasteiger partial charge in [0.2, 0.25) is 0 Å². The fourth-order valence-electron chi connectivity index (χ4n) is 1.79. The van der Waals surface area contributed by atoms with Crippen molar-refractivity contribution in [2.75, 3.05) is 18.0 Å². The van der Waals surface area contributed by atoms with E-state index in [1.54, 1.807) is 6.20 Å². The van der Waals surface area contributed by atoms with Crippen molar-refractivity contribution in [3.05, 3.63) is 22.3 Å². The molecule has 2 rings (SSSR count). The van der Waals surface area contributed by atoms with Crippen LogP contribution in [0.5, 0.6) is 0 Å². The number of rotatable bonds is 1. The SMILES string of the molecule is Cc1cc(Br)cnc1N1CC(C)(O)C1. The predicted octanol–water partition coefficient (Wildman–Crippen LogP) is 1.72. The molecule has 0 atom stereocenters. The first kappa shape index (κ1) is 9.93. The quantitative estimate of drug-likeness (QED) is 0.832. The van der Waals surface area contributed by atoms with E-state index in [-0.39, 0.29) is 0 Å². The lowest BCUT2D eigenvalue weighted by Gasteiger charge is -2.45. The summed E-state index contributed by atoms with van der Waals surface area (Å²) in [6.07, 6.45) is 1.79. The lowest BCUT2D eigenvalue weighted by atomic mass is 9.96. The van der Waals surface area contributed by atoms with E-state index < -0.39 is 5.60 Å². The molecule has 1 aromatic rings. The lowest BCUT2D eigenvalue weighted by Crippen LogP contribution is -2.60. The maximum Gasteiger partial charge on any atom is 0.131 e. The number of anilines is 1. The highest BCUT2D eigenvalue weighted by Gasteiger charge is 2.37. The molecule has 4 heteroatoms. The van der Waals surface area contributed by atoms with E-state index in [2.05, 4.69) is 25.8 Å². The molecule has 1 aliphatic rings. The van der Waals surface area contributed by atoms with Crippen LogP contribution in [0.1, 0.15) is 12.5 Å². The van der Waals surface area contributed by atoms with Crippen LogP contribution in [0.2, 0.25) is 0 Å². The van der Waals surface area contributed by atoms with Gasteiger partial charge in [-0.05, 0) is 41.4 Å². The molecule has 0 saturated carbocycles. The molecule has 0 bridgehead atoms. The number of aromatic nitrogens is 1. The molecule has 1 N–H and O–H groups in total. The van der Waals surface area contributed by atoms with Crippen LogP contribution in [0.4, 0.5) is 5.82 Å². The molecular formula is C10H13BrN2O. The van der Waals surface area contributed by atoms with Gasteiger partial charge in [-0.15, -0.1) is 0 Å². The Morgan fingerprint density at radius 1 is 1.57 bits per heavy atom. The van der Waals surface area contributed by atoms with E-state index in [0.717, 1.165) is 15.9 Å². The average Bonchev–Trinajstić information content (AvgIpc) is 2.00. The Hall–Kier alpha value is -0.610. The number of hydrogen-bond donors (Lipinski definition) is 1. The molecule has 14 heavy (non-hydrogen) atoms. The first-order valence-corrected chi connectivity index (χ1v) is 5.37. The molecule has 0 unspecified atom stereocenters. The van der Waals surface area contributed by atoms with Crippen molar-refractivity contribution in [3.8, 4) is 0 Å². The number of β-amino-alcohol motifs (C(OH)–C–C–N with tert-alkyl or cyclic N) is 1. The van der Waals surface area contributed by atoms with Crippen molar-refractivity contribution >= 4 is 21.7 Å². The highest BCUT2D eigenvalue weighted by atomic mass is 79.9. The summed E-state index contributed by atoms with van der Waals surface area (Å²) in [5.74, 6) is 0.972. The summed E-state index contributed by atoms with van der Waals surface area (Å²) in [6.45, 7) is 5.21. The largest absolute Gasteiger partial charge is 0.386 e. The van der Waals surface area contributed by atoms with Crippen molar-refractivity contribution in [2.45, 2.75) is 19.4 Å². The second kappa shape index (κ2) is 3.21.